The van der Waals surface area contributed by atoms with Crippen LogP contribution in [0.25, 0.3) is 0 Å². The second kappa shape index (κ2) is 6.41. The number of anilines is 1. The Morgan fingerprint density at radius 1 is 1.20 bits per heavy atom. The maximum Gasteiger partial charge on any atom is 0.329 e. The molecule has 0 fully saturated rings. The van der Waals surface area contributed by atoms with Gasteiger partial charge in [-0.2, -0.15) is 0 Å². The summed E-state index contributed by atoms with van der Waals surface area (Å²) in [5, 5.41) is 14.4. The van der Waals surface area contributed by atoms with Crippen molar-refractivity contribution in [3.8, 4) is 0 Å². The molecule has 0 aromatic heterocycles. The second-order valence-electron chi connectivity index (χ2n) is 5.34. The van der Waals surface area contributed by atoms with Crippen molar-refractivity contribution >= 4 is 17.7 Å². The number of aliphatic carboxylic acids is 1. The van der Waals surface area contributed by atoms with Gasteiger partial charge >= 0.3 is 12.0 Å². The first kappa shape index (κ1) is 16.0. The lowest BCUT2D eigenvalue weighted by atomic mass is 9.97. The van der Waals surface area contributed by atoms with Gasteiger partial charge in [0.2, 0.25) is 0 Å². The van der Waals surface area contributed by atoms with Gasteiger partial charge in [0.05, 0.1) is 0 Å². The van der Waals surface area contributed by atoms with Gasteiger partial charge in [-0.3, -0.25) is 0 Å². The van der Waals surface area contributed by atoms with Crippen LogP contribution in [0.4, 0.5) is 10.5 Å². The van der Waals surface area contributed by atoms with Gasteiger partial charge < -0.3 is 15.7 Å². The van der Waals surface area contributed by atoms with E-state index < -0.39 is 17.5 Å². The van der Waals surface area contributed by atoms with Crippen LogP contribution < -0.4 is 10.6 Å². The van der Waals surface area contributed by atoms with Crippen molar-refractivity contribution in [2.45, 2.75) is 46.1 Å². The highest BCUT2D eigenvalue weighted by Gasteiger charge is 2.33. The standard InChI is InChI=1S/C15H22N2O3/c1-5-6-15(4,13(18)19)17-14(20)16-12-8-10(2)7-11(3)9-12/h7-9H,5-6H2,1-4H3,(H,18,19)(H2,16,17,20). The van der Waals surface area contributed by atoms with Gasteiger partial charge in [0.1, 0.15) is 5.54 Å². The number of urea groups is 1. The highest BCUT2D eigenvalue weighted by atomic mass is 16.4. The average molecular weight is 278 g/mol. The fourth-order valence-electron chi connectivity index (χ4n) is 2.18. The lowest BCUT2D eigenvalue weighted by Crippen LogP contribution is -2.53. The van der Waals surface area contributed by atoms with Gasteiger partial charge in [-0.25, -0.2) is 9.59 Å². The summed E-state index contributed by atoms with van der Waals surface area (Å²) < 4.78 is 0. The highest BCUT2D eigenvalue weighted by molar-refractivity contribution is 5.93. The van der Waals surface area contributed by atoms with Crippen molar-refractivity contribution in [3.63, 3.8) is 0 Å². The van der Waals surface area contributed by atoms with E-state index in [-0.39, 0.29) is 0 Å². The Balaban J connectivity index is 2.78. The Hall–Kier alpha value is -2.04. The van der Waals surface area contributed by atoms with E-state index in [0.29, 0.717) is 18.5 Å². The molecule has 0 radical (unpaired) electrons. The Bertz CT molecular complexity index is 494. The van der Waals surface area contributed by atoms with Gasteiger partial charge in [0, 0.05) is 5.69 Å². The van der Waals surface area contributed by atoms with E-state index in [2.05, 4.69) is 10.6 Å². The lowest BCUT2D eigenvalue weighted by Gasteiger charge is -2.25. The first-order valence-corrected chi connectivity index (χ1v) is 6.67. The summed E-state index contributed by atoms with van der Waals surface area (Å²) in [5.74, 6) is -1.03. The molecule has 0 spiro atoms. The van der Waals surface area contributed by atoms with Crippen molar-refractivity contribution in [3.05, 3.63) is 29.3 Å². The van der Waals surface area contributed by atoms with E-state index in [4.69, 9.17) is 0 Å². The number of nitrogens with one attached hydrogen (secondary N) is 2. The number of carbonyl (C=O) groups is 2. The molecule has 2 amide bonds. The van der Waals surface area contributed by atoms with E-state index in [0.717, 1.165) is 11.1 Å². The molecular formula is C15H22N2O3. The Morgan fingerprint density at radius 3 is 2.20 bits per heavy atom. The summed E-state index contributed by atoms with van der Waals surface area (Å²) in [6.07, 6.45) is 1.05. The Kier molecular flexibility index (Phi) is 5.13. The molecule has 0 saturated heterocycles. The van der Waals surface area contributed by atoms with Gasteiger partial charge in [-0.05, 0) is 50.5 Å². The topological polar surface area (TPSA) is 78.4 Å². The fraction of sp³-hybridized carbons (Fsp3) is 0.467. The summed E-state index contributed by atoms with van der Waals surface area (Å²) in [4.78, 5) is 23.2. The number of aryl methyl sites for hydroxylation is 2. The fourth-order valence-corrected chi connectivity index (χ4v) is 2.18. The zero-order valence-corrected chi connectivity index (χ0v) is 12.4. The molecule has 1 aromatic carbocycles. The van der Waals surface area contributed by atoms with Crippen LogP contribution >= 0.6 is 0 Å². The number of hydrogen-bond donors (Lipinski definition) is 3. The molecular weight excluding hydrogens is 256 g/mol. The summed E-state index contributed by atoms with van der Waals surface area (Å²) in [6, 6.07) is 5.17. The molecule has 0 aliphatic heterocycles. The van der Waals surface area contributed by atoms with E-state index in [1.807, 2.05) is 39.0 Å². The minimum absolute atomic E-state index is 0.378. The third-order valence-corrected chi connectivity index (χ3v) is 3.09. The van der Waals surface area contributed by atoms with E-state index in [1.54, 1.807) is 0 Å². The maximum absolute atomic E-state index is 11.9. The molecule has 1 atom stereocenters. The minimum atomic E-state index is -1.25. The quantitative estimate of drug-likeness (QED) is 0.774. The summed E-state index contributed by atoms with van der Waals surface area (Å²) >= 11 is 0. The van der Waals surface area contributed by atoms with Gasteiger partial charge in [0.25, 0.3) is 0 Å². The second-order valence-corrected chi connectivity index (χ2v) is 5.34. The Morgan fingerprint density at radius 2 is 1.75 bits per heavy atom. The molecule has 1 aromatic rings. The van der Waals surface area contributed by atoms with Crippen molar-refractivity contribution < 1.29 is 14.7 Å². The van der Waals surface area contributed by atoms with Crippen molar-refractivity contribution in [1.29, 1.82) is 0 Å². The SMILES string of the molecule is CCCC(C)(NC(=O)Nc1cc(C)cc(C)c1)C(=O)O. The van der Waals surface area contributed by atoms with Crippen molar-refractivity contribution in [1.82, 2.24) is 5.32 Å². The maximum atomic E-state index is 11.9. The number of benzene rings is 1. The number of hydrogen-bond acceptors (Lipinski definition) is 2. The number of carboxylic acids is 1. The molecule has 110 valence electrons. The molecule has 1 rings (SSSR count). The number of rotatable bonds is 5. The van der Waals surface area contributed by atoms with E-state index >= 15 is 0 Å². The van der Waals surface area contributed by atoms with Crippen LogP contribution in [0.5, 0.6) is 0 Å². The minimum Gasteiger partial charge on any atom is -0.480 e. The van der Waals surface area contributed by atoms with Crippen LogP contribution in [-0.2, 0) is 4.79 Å². The molecule has 0 aliphatic rings. The average Bonchev–Trinajstić information content (AvgIpc) is 2.26. The molecule has 5 heteroatoms. The normalized spacial score (nSPS) is 13.4. The molecule has 0 aliphatic carbocycles. The molecule has 20 heavy (non-hydrogen) atoms. The van der Waals surface area contributed by atoms with Gasteiger partial charge in [0.15, 0.2) is 0 Å². The molecule has 0 saturated carbocycles. The highest BCUT2D eigenvalue weighted by Crippen LogP contribution is 2.16. The monoisotopic (exact) mass is 278 g/mol. The molecule has 0 heterocycles. The summed E-state index contributed by atoms with van der Waals surface area (Å²) in [7, 11) is 0. The first-order valence-electron chi connectivity index (χ1n) is 6.67. The number of amides is 2. The van der Waals surface area contributed by atoms with Gasteiger partial charge in [-0.1, -0.05) is 19.4 Å². The predicted molar refractivity (Wildman–Crippen MR) is 79.0 cm³/mol. The zero-order chi connectivity index (χ0) is 15.3. The van der Waals surface area contributed by atoms with Crippen LogP contribution in [0, 0.1) is 13.8 Å². The van der Waals surface area contributed by atoms with E-state index in [9.17, 15) is 14.7 Å². The number of carboxylic acid groups (broad SMARTS) is 1. The summed E-state index contributed by atoms with van der Waals surface area (Å²) in [5.41, 5.74) is 1.48. The van der Waals surface area contributed by atoms with E-state index in [1.165, 1.54) is 6.92 Å². The van der Waals surface area contributed by atoms with Gasteiger partial charge in [-0.15, -0.1) is 0 Å². The van der Waals surface area contributed by atoms with Crippen molar-refractivity contribution in [2.24, 2.45) is 0 Å². The smallest absolute Gasteiger partial charge is 0.329 e. The van der Waals surface area contributed by atoms with Crippen LogP contribution in [-0.4, -0.2) is 22.6 Å². The number of carbonyl (C=O) groups excluding carboxylic acids is 1. The molecule has 5 nitrogen and oxygen atoms in total. The Labute approximate surface area is 119 Å². The zero-order valence-electron chi connectivity index (χ0n) is 12.4. The first-order chi connectivity index (χ1) is 9.26. The molecule has 3 N–H and O–H groups in total. The molecule has 1 unspecified atom stereocenters. The van der Waals surface area contributed by atoms with Crippen LogP contribution in [0.15, 0.2) is 18.2 Å². The predicted octanol–water partition coefficient (Wildman–Crippen LogP) is 3.07. The van der Waals surface area contributed by atoms with Crippen LogP contribution in [0.1, 0.15) is 37.8 Å². The summed E-state index contributed by atoms with van der Waals surface area (Å²) in [6.45, 7) is 7.27. The molecule has 0 bridgehead atoms. The third-order valence-electron chi connectivity index (χ3n) is 3.09. The lowest BCUT2D eigenvalue weighted by molar-refractivity contribution is -0.143. The van der Waals surface area contributed by atoms with Crippen LogP contribution in [0.3, 0.4) is 0 Å². The largest absolute Gasteiger partial charge is 0.480 e. The van der Waals surface area contributed by atoms with Crippen LogP contribution in [0.2, 0.25) is 0 Å². The third kappa shape index (κ3) is 4.26. The van der Waals surface area contributed by atoms with Crippen molar-refractivity contribution in [2.75, 3.05) is 5.32 Å².